The van der Waals surface area contributed by atoms with Gasteiger partial charge >= 0.3 is 0 Å². The number of oxazole rings is 1. The van der Waals surface area contributed by atoms with Gasteiger partial charge in [0.05, 0.1) is 6.20 Å². The number of amides is 1. The first-order chi connectivity index (χ1) is 9.83. The Balaban J connectivity index is 0.00000161. The van der Waals surface area contributed by atoms with Crippen molar-refractivity contribution in [2.24, 2.45) is 5.92 Å². The molecule has 1 aliphatic rings. The number of carbonyl (C=O) groups excluding carboxylic acids is 1. The number of rotatable bonds is 3. The van der Waals surface area contributed by atoms with Crippen LogP contribution >= 0.6 is 12.4 Å². The number of anilines is 1. The molecule has 2 aromatic rings. The Hall–Kier alpha value is -1.85. The Bertz CT molecular complexity index is 563. The Morgan fingerprint density at radius 3 is 2.57 bits per heavy atom. The lowest BCUT2D eigenvalue weighted by Crippen LogP contribution is -2.34. The smallest absolute Gasteiger partial charge is 0.227 e. The molecule has 0 spiro atoms. The van der Waals surface area contributed by atoms with Gasteiger partial charge in [-0.3, -0.25) is 4.79 Å². The lowest BCUT2D eigenvalue weighted by Gasteiger charge is -2.21. The van der Waals surface area contributed by atoms with Crippen LogP contribution in [0.2, 0.25) is 0 Å². The molecule has 0 unspecified atom stereocenters. The molecule has 1 aliphatic heterocycles. The normalized spacial score (nSPS) is 15.2. The van der Waals surface area contributed by atoms with E-state index in [0.717, 1.165) is 37.2 Å². The fourth-order valence-electron chi connectivity index (χ4n) is 2.39. The first-order valence-corrected chi connectivity index (χ1v) is 6.84. The number of hydrogen-bond donors (Lipinski definition) is 2. The summed E-state index contributed by atoms with van der Waals surface area (Å²) >= 11 is 0. The molecular formula is C15H18ClN3O2. The standard InChI is InChI=1S/C15H17N3O2.ClH/c19-14(11-5-7-16-8-6-11)18-13-3-1-12(2-4-13)15-17-9-10-20-15;/h1-4,9-11,16H,5-8H2,(H,18,19);1H. The molecule has 0 atom stereocenters. The second-order valence-electron chi connectivity index (χ2n) is 4.93. The van der Waals surface area contributed by atoms with Crippen LogP contribution in [-0.2, 0) is 4.79 Å². The number of nitrogens with one attached hydrogen (secondary N) is 2. The molecule has 1 amide bonds. The molecule has 0 bridgehead atoms. The van der Waals surface area contributed by atoms with E-state index < -0.39 is 0 Å². The van der Waals surface area contributed by atoms with Gasteiger partial charge in [-0.05, 0) is 50.2 Å². The average molecular weight is 308 g/mol. The molecule has 1 aromatic heterocycles. The highest BCUT2D eigenvalue weighted by molar-refractivity contribution is 5.92. The first-order valence-electron chi connectivity index (χ1n) is 6.84. The fraction of sp³-hybridized carbons (Fsp3) is 0.333. The zero-order valence-corrected chi connectivity index (χ0v) is 12.4. The van der Waals surface area contributed by atoms with Crippen LogP contribution in [0.15, 0.2) is 41.1 Å². The van der Waals surface area contributed by atoms with E-state index in [1.165, 1.54) is 0 Å². The third-order valence-corrected chi connectivity index (χ3v) is 3.54. The van der Waals surface area contributed by atoms with Crippen molar-refractivity contribution >= 4 is 24.0 Å². The van der Waals surface area contributed by atoms with Gasteiger partial charge in [-0.15, -0.1) is 12.4 Å². The van der Waals surface area contributed by atoms with Crippen molar-refractivity contribution in [2.45, 2.75) is 12.8 Å². The number of carbonyl (C=O) groups is 1. The van der Waals surface area contributed by atoms with Gasteiger partial charge in [0.25, 0.3) is 0 Å². The van der Waals surface area contributed by atoms with Gasteiger partial charge in [0.1, 0.15) is 6.26 Å². The van der Waals surface area contributed by atoms with Crippen LogP contribution in [0.25, 0.3) is 11.5 Å². The van der Waals surface area contributed by atoms with Gasteiger partial charge in [0, 0.05) is 17.2 Å². The van der Waals surface area contributed by atoms with Gasteiger partial charge in [-0.1, -0.05) is 0 Å². The molecule has 21 heavy (non-hydrogen) atoms. The molecule has 5 nitrogen and oxygen atoms in total. The zero-order valence-electron chi connectivity index (χ0n) is 11.5. The maximum Gasteiger partial charge on any atom is 0.227 e. The third-order valence-electron chi connectivity index (χ3n) is 3.54. The van der Waals surface area contributed by atoms with Crippen LogP contribution < -0.4 is 10.6 Å². The SMILES string of the molecule is Cl.O=C(Nc1ccc(-c2ncco2)cc1)C1CCNCC1. The second-order valence-corrected chi connectivity index (χ2v) is 4.93. The minimum Gasteiger partial charge on any atom is -0.445 e. The molecule has 2 N–H and O–H groups in total. The summed E-state index contributed by atoms with van der Waals surface area (Å²) in [6.45, 7) is 1.84. The van der Waals surface area contributed by atoms with Crippen LogP contribution in [0, 0.1) is 5.92 Å². The van der Waals surface area contributed by atoms with Crippen molar-refractivity contribution in [3.8, 4) is 11.5 Å². The maximum absolute atomic E-state index is 12.1. The van der Waals surface area contributed by atoms with Gasteiger partial charge in [0.2, 0.25) is 11.8 Å². The van der Waals surface area contributed by atoms with Crippen molar-refractivity contribution in [1.29, 1.82) is 0 Å². The first kappa shape index (κ1) is 15.5. The van der Waals surface area contributed by atoms with Crippen molar-refractivity contribution in [3.05, 3.63) is 36.7 Å². The minimum atomic E-state index is 0. The molecule has 3 rings (SSSR count). The Kier molecular flexibility index (Phi) is 5.36. The van der Waals surface area contributed by atoms with Crippen LogP contribution in [0.1, 0.15) is 12.8 Å². The topological polar surface area (TPSA) is 67.2 Å². The summed E-state index contributed by atoms with van der Waals surface area (Å²) in [5, 5.41) is 6.23. The summed E-state index contributed by atoms with van der Waals surface area (Å²) in [4.78, 5) is 16.2. The number of nitrogens with zero attached hydrogens (tertiary/aromatic N) is 1. The molecule has 2 heterocycles. The Morgan fingerprint density at radius 1 is 1.24 bits per heavy atom. The van der Waals surface area contributed by atoms with Crippen molar-refractivity contribution in [2.75, 3.05) is 18.4 Å². The molecule has 1 aromatic carbocycles. The lowest BCUT2D eigenvalue weighted by molar-refractivity contribution is -0.120. The highest BCUT2D eigenvalue weighted by atomic mass is 35.5. The quantitative estimate of drug-likeness (QED) is 0.915. The molecule has 1 fully saturated rings. The zero-order chi connectivity index (χ0) is 13.8. The minimum absolute atomic E-state index is 0. The summed E-state index contributed by atoms with van der Waals surface area (Å²) < 4.78 is 5.23. The predicted molar refractivity (Wildman–Crippen MR) is 83.4 cm³/mol. The molecule has 1 saturated heterocycles. The summed E-state index contributed by atoms with van der Waals surface area (Å²) in [5.74, 6) is 0.805. The van der Waals surface area contributed by atoms with E-state index in [9.17, 15) is 4.79 Å². The van der Waals surface area contributed by atoms with E-state index in [4.69, 9.17) is 4.42 Å². The second kappa shape index (κ2) is 7.24. The molecular weight excluding hydrogens is 290 g/mol. The van der Waals surface area contributed by atoms with Gasteiger partial charge in [0.15, 0.2) is 0 Å². The van der Waals surface area contributed by atoms with Crippen LogP contribution in [0.3, 0.4) is 0 Å². The number of hydrogen-bond acceptors (Lipinski definition) is 4. The lowest BCUT2D eigenvalue weighted by atomic mass is 9.97. The molecule has 0 saturated carbocycles. The summed E-state index contributed by atoms with van der Waals surface area (Å²) in [7, 11) is 0. The van der Waals surface area contributed by atoms with Crippen molar-refractivity contribution in [1.82, 2.24) is 10.3 Å². The molecule has 112 valence electrons. The Morgan fingerprint density at radius 2 is 1.95 bits per heavy atom. The number of piperidine rings is 1. The average Bonchev–Trinajstić information content (AvgIpc) is 3.03. The summed E-state index contributed by atoms with van der Waals surface area (Å²) in [5.41, 5.74) is 1.71. The van der Waals surface area contributed by atoms with E-state index >= 15 is 0 Å². The number of halogens is 1. The van der Waals surface area contributed by atoms with E-state index in [1.807, 2.05) is 24.3 Å². The van der Waals surface area contributed by atoms with E-state index in [2.05, 4.69) is 15.6 Å². The van der Waals surface area contributed by atoms with Crippen LogP contribution in [0.4, 0.5) is 5.69 Å². The largest absolute Gasteiger partial charge is 0.445 e. The molecule has 0 radical (unpaired) electrons. The van der Waals surface area contributed by atoms with Crippen LogP contribution in [0.5, 0.6) is 0 Å². The van der Waals surface area contributed by atoms with Crippen LogP contribution in [-0.4, -0.2) is 24.0 Å². The highest BCUT2D eigenvalue weighted by Gasteiger charge is 2.20. The van der Waals surface area contributed by atoms with E-state index in [0.29, 0.717) is 5.89 Å². The van der Waals surface area contributed by atoms with E-state index in [1.54, 1.807) is 12.5 Å². The summed E-state index contributed by atoms with van der Waals surface area (Å²) in [6, 6.07) is 7.53. The fourth-order valence-corrected chi connectivity index (χ4v) is 2.39. The molecule has 6 heteroatoms. The maximum atomic E-state index is 12.1. The van der Waals surface area contributed by atoms with Crippen molar-refractivity contribution in [3.63, 3.8) is 0 Å². The Labute approximate surface area is 129 Å². The monoisotopic (exact) mass is 307 g/mol. The predicted octanol–water partition coefficient (Wildman–Crippen LogP) is 2.70. The summed E-state index contributed by atoms with van der Waals surface area (Å²) in [6.07, 6.45) is 4.96. The van der Waals surface area contributed by atoms with Gasteiger partial charge < -0.3 is 15.1 Å². The highest BCUT2D eigenvalue weighted by Crippen LogP contribution is 2.21. The number of aromatic nitrogens is 1. The van der Waals surface area contributed by atoms with Gasteiger partial charge in [-0.25, -0.2) is 4.98 Å². The molecule has 0 aliphatic carbocycles. The number of benzene rings is 1. The third kappa shape index (κ3) is 3.83. The van der Waals surface area contributed by atoms with Gasteiger partial charge in [-0.2, -0.15) is 0 Å². The van der Waals surface area contributed by atoms with E-state index in [-0.39, 0.29) is 24.2 Å². The van der Waals surface area contributed by atoms with Crippen molar-refractivity contribution < 1.29 is 9.21 Å².